The molecule has 1 aromatic heterocycles. The molecule has 1 aromatic carbocycles. The third kappa shape index (κ3) is 4.54. The third-order valence-electron chi connectivity index (χ3n) is 2.98. The molecule has 0 bridgehead atoms. The van der Waals surface area contributed by atoms with Crippen LogP contribution in [-0.4, -0.2) is 21.1 Å². The summed E-state index contributed by atoms with van der Waals surface area (Å²) in [5.74, 6) is 0.709. The first-order valence-corrected chi connectivity index (χ1v) is 6.43. The van der Waals surface area contributed by atoms with E-state index in [1.807, 2.05) is 18.2 Å². The summed E-state index contributed by atoms with van der Waals surface area (Å²) in [7, 11) is 0. The minimum absolute atomic E-state index is 0.0303. The maximum atomic E-state index is 11.7. The molecular weight excluding hydrogens is 240 g/mol. The molecule has 2 aromatic rings. The van der Waals surface area contributed by atoms with Crippen molar-refractivity contribution in [3.05, 3.63) is 42.2 Å². The van der Waals surface area contributed by atoms with Crippen LogP contribution in [0.3, 0.4) is 0 Å². The van der Waals surface area contributed by atoms with Gasteiger partial charge in [0.25, 0.3) is 0 Å². The lowest BCUT2D eigenvalue weighted by Crippen LogP contribution is -2.16. The van der Waals surface area contributed by atoms with Crippen molar-refractivity contribution >= 4 is 11.9 Å². The van der Waals surface area contributed by atoms with Crippen LogP contribution in [0.15, 0.2) is 36.7 Å². The summed E-state index contributed by atoms with van der Waals surface area (Å²) in [6, 6.07) is 10.3. The molecule has 5 heteroatoms. The normalized spacial score (nSPS) is 12.1. The highest BCUT2D eigenvalue weighted by Gasteiger charge is 2.10. The minimum Gasteiger partial charge on any atom is -0.295 e. The van der Waals surface area contributed by atoms with Crippen molar-refractivity contribution in [1.29, 1.82) is 0 Å². The molecular formula is C14H18N4O. The Morgan fingerprint density at radius 1 is 1.37 bits per heavy atom. The molecule has 1 heterocycles. The zero-order valence-corrected chi connectivity index (χ0v) is 11.0. The summed E-state index contributed by atoms with van der Waals surface area (Å²) < 4.78 is 0. The summed E-state index contributed by atoms with van der Waals surface area (Å²) >= 11 is 0. The topological polar surface area (TPSA) is 70.7 Å². The van der Waals surface area contributed by atoms with Crippen LogP contribution in [-0.2, 0) is 11.2 Å². The van der Waals surface area contributed by atoms with Gasteiger partial charge < -0.3 is 0 Å². The van der Waals surface area contributed by atoms with Gasteiger partial charge in [0.1, 0.15) is 6.33 Å². The predicted molar refractivity (Wildman–Crippen MR) is 73.6 cm³/mol. The van der Waals surface area contributed by atoms with Crippen molar-refractivity contribution in [2.75, 3.05) is 5.32 Å². The first-order chi connectivity index (χ1) is 9.24. The number of benzene rings is 1. The van der Waals surface area contributed by atoms with Crippen LogP contribution >= 0.6 is 0 Å². The number of H-pyrrole nitrogens is 1. The Balaban J connectivity index is 1.72. The molecule has 0 fully saturated rings. The number of nitrogens with zero attached hydrogens (tertiary/aromatic N) is 2. The number of aromatic nitrogens is 3. The van der Waals surface area contributed by atoms with Crippen molar-refractivity contribution in [2.24, 2.45) is 5.92 Å². The van der Waals surface area contributed by atoms with Gasteiger partial charge in [-0.3, -0.25) is 10.1 Å². The van der Waals surface area contributed by atoms with Crippen molar-refractivity contribution < 1.29 is 4.79 Å². The maximum Gasteiger partial charge on any atom is 0.226 e. The smallest absolute Gasteiger partial charge is 0.226 e. The highest BCUT2D eigenvalue weighted by atomic mass is 16.1. The molecule has 0 aliphatic carbocycles. The minimum atomic E-state index is -0.0303. The van der Waals surface area contributed by atoms with E-state index in [-0.39, 0.29) is 5.91 Å². The molecule has 5 nitrogen and oxygen atoms in total. The first kappa shape index (κ1) is 13.3. The van der Waals surface area contributed by atoms with Gasteiger partial charge in [-0.05, 0) is 24.3 Å². The van der Waals surface area contributed by atoms with E-state index in [4.69, 9.17) is 0 Å². The van der Waals surface area contributed by atoms with Gasteiger partial charge >= 0.3 is 0 Å². The van der Waals surface area contributed by atoms with E-state index in [1.54, 1.807) is 0 Å². The van der Waals surface area contributed by atoms with Gasteiger partial charge in [-0.25, -0.2) is 5.10 Å². The largest absolute Gasteiger partial charge is 0.295 e. The molecule has 100 valence electrons. The van der Waals surface area contributed by atoms with Crippen molar-refractivity contribution in [2.45, 2.75) is 26.2 Å². The fourth-order valence-electron chi connectivity index (χ4n) is 1.93. The Hall–Kier alpha value is -2.17. The molecule has 0 radical (unpaired) electrons. The molecule has 0 aliphatic heterocycles. The van der Waals surface area contributed by atoms with Gasteiger partial charge in [0.05, 0.1) is 0 Å². The second-order valence-corrected chi connectivity index (χ2v) is 4.72. The van der Waals surface area contributed by atoms with E-state index in [2.05, 4.69) is 39.6 Å². The zero-order chi connectivity index (χ0) is 13.5. The molecule has 19 heavy (non-hydrogen) atoms. The van der Waals surface area contributed by atoms with Gasteiger partial charge in [0, 0.05) is 6.42 Å². The number of rotatable bonds is 6. The number of aryl methyl sites for hydroxylation is 1. The van der Waals surface area contributed by atoms with Crippen LogP contribution < -0.4 is 5.32 Å². The van der Waals surface area contributed by atoms with Crippen LogP contribution in [0.2, 0.25) is 0 Å². The molecule has 0 aliphatic rings. The first-order valence-electron chi connectivity index (χ1n) is 6.43. The van der Waals surface area contributed by atoms with Crippen molar-refractivity contribution in [1.82, 2.24) is 15.2 Å². The molecule has 1 unspecified atom stereocenters. The summed E-state index contributed by atoms with van der Waals surface area (Å²) in [5, 5.41) is 8.97. The maximum absolute atomic E-state index is 11.7. The van der Waals surface area contributed by atoms with Gasteiger partial charge in [0.15, 0.2) is 0 Å². The molecule has 1 amide bonds. The Kier molecular flexibility index (Phi) is 4.66. The number of carbonyl (C=O) groups is 1. The predicted octanol–water partition coefficient (Wildman–Crippen LogP) is 2.40. The second-order valence-electron chi connectivity index (χ2n) is 4.72. The monoisotopic (exact) mass is 258 g/mol. The van der Waals surface area contributed by atoms with Crippen LogP contribution in [0.4, 0.5) is 5.95 Å². The quantitative estimate of drug-likeness (QED) is 0.835. The van der Waals surface area contributed by atoms with E-state index in [0.29, 0.717) is 18.3 Å². The van der Waals surface area contributed by atoms with Crippen molar-refractivity contribution in [3.8, 4) is 0 Å². The molecule has 1 atom stereocenters. The van der Waals surface area contributed by atoms with Gasteiger partial charge in [-0.2, -0.15) is 10.1 Å². The number of hydrogen-bond donors (Lipinski definition) is 2. The summed E-state index contributed by atoms with van der Waals surface area (Å²) in [4.78, 5) is 15.6. The lowest BCUT2D eigenvalue weighted by Gasteiger charge is -2.10. The second kappa shape index (κ2) is 6.68. The summed E-state index contributed by atoms with van der Waals surface area (Å²) in [6.07, 6.45) is 3.85. The highest BCUT2D eigenvalue weighted by Crippen LogP contribution is 2.13. The van der Waals surface area contributed by atoms with Gasteiger partial charge in [-0.15, -0.1) is 0 Å². The van der Waals surface area contributed by atoms with Crippen LogP contribution in [0.25, 0.3) is 0 Å². The van der Waals surface area contributed by atoms with E-state index in [1.165, 1.54) is 11.9 Å². The Morgan fingerprint density at radius 3 is 2.84 bits per heavy atom. The standard InChI is InChI=1S/C14H18N4O/c1-11(7-8-12-5-3-2-4-6-12)9-13(19)17-14-15-10-16-18-14/h2-6,10-11H,7-9H2,1H3,(H2,15,16,17,18,19). The number of amides is 1. The molecule has 0 saturated carbocycles. The van der Waals surface area contributed by atoms with E-state index in [9.17, 15) is 4.79 Å². The van der Waals surface area contributed by atoms with Crippen LogP contribution in [0.1, 0.15) is 25.3 Å². The number of carbonyl (C=O) groups excluding carboxylic acids is 1. The van der Waals surface area contributed by atoms with Crippen molar-refractivity contribution in [3.63, 3.8) is 0 Å². The Morgan fingerprint density at radius 2 is 2.16 bits per heavy atom. The summed E-state index contributed by atoms with van der Waals surface area (Å²) in [6.45, 7) is 2.09. The molecule has 0 spiro atoms. The zero-order valence-electron chi connectivity index (χ0n) is 11.0. The third-order valence-corrected chi connectivity index (χ3v) is 2.98. The molecule has 2 N–H and O–H groups in total. The highest BCUT2D eigenvalue weighted by molar-refractivity contribution is 5.88. The van der Waals surface area contributed by atoms with Crippen LogP contribution in [0.5, 0.6) is 0 Å². The number of aromatic amines is 1. The fourth-order valence-corrected chi connectivity index (χ4v) is 1.93. The Labute approximate surface area is 112 Å². The Bertz CT molecular complexity index is 495. The average Bonchev–Trinajstić information content (AvgIpc) is 2.90. The number of hydrogen-bond acceptors (Lipinski definition) is 3. The lowest BCUT2D eigenvalue weighted by atomic mass is 9.98. The fraction of sp³-hybridized carbons (Fsp3) is 0.357. The number of anilines is 1. The number of nitrogens with one attached hydrogen (secondary N) is 2. The molecule has 2 rings (SSSR count). The van der Waals surface area contributed by atoms with Gasteiger partial charge in [-0.1, -0.05) is 37.3 Å². The van der Waals surface area contributed by atoms with E-state index < -0.39 is 0 Å². The van der Waals surface area contributed by atoms with Crippen LogP contribution in [0, 0.1) is 5.92 Å². The SMILES string of the molecule is CC(CCc1ccccc1)CC(=O)Nc1ncn[nH]1. The summed E-state index contributed by atoms with van der Waals surface area (Å²) in [5.41, 5.74) is 1.31. The van der Waals surface area contributed by atoms with Gasteiger partial charge in [0.2, 0.25) is 11.9 Å². The molecule has 0 saturated heterocycles. The lowest BCUT2D eigenvalue weighted by molar-refractivity contribution is -0.117. The van der Waals surface area contributed by atoms with E-state index >= 15 is 0 Å². The average molecular weight is 258 g/mol. The van der Waals surface area contributed by atoms with E-state index in [0.717, 1.165) is 12.8 Å².